The number of likely N-dealkylation sites (N-methyl/N-ethyl adjacent to an activating group) is 2. The summed E-state index contributed by atoms with van der Waals surface area (Å²) in [5.74, 6) is 0. The van der Waals surface area contributed by atoms with E-state index in [4.69, 9.17) is 0 Å². The second-order valence-corrected chi connectivity index (χ2v) is 7.00. The van der Waals surface area contributed by atoms with E-state index in [-0.39, 0.29) is 0 Å². The molecule has 0 amide bonds. The molecular weight excluding hydrogens is 234 g/mol. The molecule has 1 N–H and O–H groups in total. The molecule has 0 saturated carbocycles. The van der Waals surface area contributed by atoms with E-state index in [0.717, 1.165) is 26.2 Å². The highest BCUT2D eigenvalue weighted by atomic mass is 15.2. The van der Waals surface area contributed by atoms with Crippen molar-refractivity contribution in [1.29, 1.82) is 0 Å². The van der Waals surface area contributed by atoms with Crippen molar-refractivity contribution < 1.29 is 0 Å². The van der Waals surface area contributed by atoms with Gasteiger partial charge in [0.1, 0.15) is 0 Å². The molecule has 1 atom stereocenters. The second-order valence-electron chi connectivity index (χ2n) is 7.00. The van der Waals surface area contributed by atoms with Gasteiger partial charge in [0.2, 0.25) is 0 Å². The summed E-state index contributed by atoms with van der Waals surface area (Å²) in [5.41, 5.74) is 1.76. The zero-order valence-corrected chi connectivity index (χ0v) is 13.8. The molecule has 1 aliphatic rings. The number of rotatable bonds is 6. The van der Waals surface area contributed by atoms with Crippen molar-refractivity contribution in [2.24, 2.45) is 5.41 Å². The zero-order chi connectivity index (χ0) is 14.5. The SMILES string of the molecule is CCN(C)CCN(C)CC1=CCCC(C(C)(C)C)N1. The van der Waals surface area contributed by atoms with E-state index in [2.05, 4.69) is 63.0 Å². The van der Waals surface area contributed by atoms with Gasteiger partial charge in [-0.25, -0.2) is 0 Å². The molecule has 19 heavy (non-hydrogen) atoms. The summed E-state index contributed by atoms with van der Waals surface area (Å²) in [6, 6.07) is 0.610. The fourth-order valence-electron chi connectivity index (χ4n) is 2.41. The molecular formula is C16H33N3. The van der Waals surface area contributed by atoms with Gasteiger partial charge in [-0.15, -0.1) is 0 Å². The Bertz CT molecular complexity index is 291. The summed E-state index contributed by atoms with van der Waals surface area (Å²) in [6.07, 6.45) is 4.85. The summed E-state index contributed by atoms with van der Waals surface area (Å²) in [4.78, 5) is 4.77. The number of nitrogens with one attached hydrogen (secondary N) is 1. The van der Waals surface area contributed by atoms with Gasteiger partial charge in [0.05, 0.1) is 0 Å². The second kappa shape index (κ2) is 7.30. The van der Waals surface area contributed by atoms with Gasteiger partial charge in [0.25, 0.3) is 0 Å². The zero-order valence-electron chi connectivity index (χ0n) is 13.8. The summed E-state index contributed by atoms with van der Waals surface area (Å²) < 4.78 is 0. The van der Waals surface area contributed by atoms with Crippen molar-refractivity contribution >= 4 is 0 Å². The summed E-state index contributed by atoms with van der Waals surface area (Å²) in [6.45, 7) is 13.6. The molecule has 0 fully saturated rings. The Kier molecular flexibility index (Phi) is 6.34. The molecule has 112 valence electrons. The van der Waals surface area contributed by atoms with Gasteiger partial charge < -0.3 is 10.2 Å². The lowest BCUT2D eigenvalue weighted by molar-refractivity contribution is 0.241. The van der Waals surface area contributed by atoms with Crippen LogP contribution in [0.2, 0.25) is 0 Å². The van der Waals surface area contributed by atoms with Crippen molar-refractivity contribution in [3.05, 3.63) is 11.8 Å². The maximum Gasteiger partial charge on any atom is 0.0376 e. The summed E-state index contributed by atoms with van der Waals surface area (Å²) >= 11 is 0. The predicted molar refractivity (Wildman–Crippen MR) is 84.4 cm³/mol. The van der Waals surface area contributed by atoms with Crippen LogP contribution < -0.4 is 5.32 Å². The lowest BCUT2D eigenvalue weighted by atomic mass is 9.82. The highest BCUT2D eigenvalue weighted by molar-refractivity contribution is 5.09. The average Bonchev–Trinajstić information content (AvgIpc) is 2.35. The fourth-order valence-corrected chi connectivity index (χ4v) is 2.41. The molecule has 0 saturated heterocycles. The molecule has 0 aromatic heterocycles. The van der Waals surface area contributed by atoms with Gasteiger partial charge in [0, 0.05) is 31.4 Å². The first-order valence-electron chi connectivity index (χ1n) is 7.65. The van der Waals surface area contributed by atoms with Crippen LogP contribution in [0, 0.1) is 5.41 Å². The maximum atomic E-state index is 3.73. The van der Waals surface area contributed by atoms with Crippen LogP contribution in [0.25, 0.3) is 0 Å². The van der Waals surface area contributed by atoms with Crippen LogP contribution in [0.15, 0.2) is 11.8 Å². The topological polar surface area (TPSA) is 18.5 Å². The monoisotopic (exact) mass is 267 g/mol. The van der Waals surface area contributed by atoms with Crippen molar-refractivity contribution in [2.45, 2.75) is 46.6 Å². The van der Waals surface area contributed by atoms with Crippen LogP contribution in [0.1, 0.15) is 40.5 Å². The van der Waals surface area contributed by atoms with Gasteiger partial charge in [0.15, 0.2) is 0 Å². The molecule has 0 spiro atoms. The van der Waals surface area contributed by atoms with Crippen molar-refractivity contribution in [3.8, 4) is 0 Å². The van der Waals surface area contributed by atoms with E-state index in [9.17, 15) is 0 Å². The average molecular weight is 267 g/mol. The van der Waals surface area contributed by atoms with Crippen molar-refractivity contribution in [1.82, 2.24) is 15.1 Å². The molecule has 1 rings (SSSR count). The third kappa shape index (κ3) is 5.96. The number of allylic oxidation sites excluding steroid dienone is 1. The Morgan fingerprint density at radius 3 is 2.42 bits per heavy atom. The molecule has 0 radical (unpaired) electrons. The van der Waals surface area contributed by atoms with Gasteiger partial charge in [-0.1, -0.05) is 33.8 Å². The van der Waals surface area contributed by atoms with Gasteiger partial charge in [-0.3, -0.25) is 4.90 Å². The number of hydrogen-bond donors (Lipinski definition) is 1. The van der Waals surface area contributed by atoms with Gasteiger partial charge in [-0.05, 0) is 38.9 Å². The first-order valence-corrected chi connectivity index (χ1v) is 7.65. The van der Waals surface area contributed by atoms with Crippen LogP contribution in [0.4, 0.5) is 0 Å². The van der Waals surface area contributed by atoms with Crippen molar-refractivity contribution in [3.63, 3.8) is 0 Å². The molecule has 1 heterocycles. The highest BCUT2D eigenvalue weighted by Gasteiger charge is 2.26. The predicted octanol–water partition coefficient (Wildman–Crippen LogP) is 2.55. The molecule has 1 aliphatic heterocycles. The quantitative estimate of drug-likeness (QED) is 0.798. The lowest BCUT2D eigenvalue weighted by Gasteiger charge is -2.36. The molecule has 3 nitrogen and oxygen atoms in total. The first-order chi connectivity index (χ1) is 8.82. The van der Waals surface area contributed by atoms with Gasteiger partial charge in [-0.2, -0.15) is 0 Å². The first kappa shape index (κ1) is 16.5. The molecule has 1 unspecified atom stereocenters. The lowest BCUT2D eigenvalue weighted by Crippen LogP contribution is -2.44. The Labute approximate surface area is 120 Å². The third-order valence-corrected chi connectivity index (χ3v) is 4.09. The van der Waals surface area contributed by atoms with E-state index in [1.54, 1.807) is 0 Å². The Balaban J connectivity index is 2.38. The molecule has 0 aromatic carbocycles. The van der Waals surface area contributed by atoms with Crippen LogP contribution in [-0.2, 0) is 0 Å². The number of hydrogen-bond acceptors (Lipinski definition) is 3. The highest BCUT2D eigenvalue weighted by Crippen LogP contribution is 2.26. The van der Waals surface area contributed by atoms with Gasteiger partial charge >= 0.3 is 0 Å². The van der Waals surface area contributed by atoms with Crippen LogP contribution in [-0.4, -0.2) is 56.1 Å². The summed E-state index contributed by atoms with van der Waals surface area (Å²) in [5, 5.41) is 3.73. The smallest absolute Gasteiger partial charge is 0.0376 e. The van der Waals surface area contributed by atoms with Crippen molar-refractivity contribution in [2.75, 3.05) is 40.3 Å². The minimum absolute atomic E-state index is 0.348. The Morgan fingerprint density at radius 1 is 1.21 bits per heavy atom. The van der Waals surface area contributed by atoms with E-state index in [0.29, 0.717) is 11.5 Å². The Hall–Kier alpha value is -0.540. The number of nitrogens with zero attached hydrogens (tertiary/aromatic N) is 2. The van der Waals surface area contributed by atoms with E-state index >= 15 is 0 Å². The normalized spacial score (nSPS) is 20.6. The van der Waals surface area contributed by atoms with E-state index in [1.165, 1.54) is 18.5 Å². The Morgan fingerprint density at radius 2 is 1.84 bits per heavy atom. The van der Waals surface area contributed by atoms with Crippen LogP contribution >= 0.6 is 0 Å². The van der Waals surface area contributed by atoms with Crippen LogP contribution in [0.5, 0.6) is 0 Å². The third-order valence-electron chi connectivity index (χ3n) is 4.09. The minimum atomic E-state index is 0.348. The maximum absolute atomic E-state index is 3.73. The molecule has 0 bridgehead atoms. The minimum Gasteiger partial charge on any atom is -0.384 e. The van der Waals surface area contributed by atoms with E-state index < -0.39 is 0 Å². The standard InChI is InChI=1S/C16H33N3/c1-7-18(5)11-12-19(6)13-14-9-8-10-15(17-14)16(2,3)4/h9,15,17H,7-8,10-13H2,1-6H3. The van der Waals surface area contributed by atoms with Crippen LogP contribution in [0.3, 0.4) is 0 Å². The largest absolute Gasteiger partial charge is 0.384 e. The fraction of sp³-hybridized carbons (Fsp3) is 0.875. The van der Waals surface area contributed by atoms with E-state index in [1.807, 2.05) is 0 Å². The molecule has 0 aliphatic carbocycles. The molecule has 0 aromatic rings. The summed E-state index contributed by atoms with van der Waals surface area (Å²) in [7, 11) is 4.40. The molecule has 3 heteroatoms.